The van der Waals surface area contributed by atoms with Gasteiger partial charge in [-0.3, -0.25) is 10.1 Å². The molecule has 0 aliphatic carbocycles. The Kier molecular flexibility index (Phi) is 7.86. The van der Waals surface area contributed by atoms with Crippen molar-refractivity contribution in [2.45, 2.75) is 20.0 Å². The first kappa shape index (κ1) is 24.7. The first-order chi connectivity index (χ1) is 16.1. The lowest BCUT2D eigenvalue weighted by atomic mass is 10.1. The number of rotatable bonds is 8. The third-order valence-electron chi connectivity index (χ3n) is 4.24. The number of halogens is 3. The highest BCUT2D eigenvalue weighted by molar-refractivity contribution is 7.15. The second-order valence-electron chi connectivity index (χ2n) is 7.13. The molecule has 0 radical (unpaired) electrons. The number of alkyl halides is 3. The number of nitrogens with zero attached hydrogens (tertiary/aromatic N) is 3. The standard InChI is InChI=1S/C23H19F3N4O3S/c1-14-8-15(2)10-19(9-14)33-7-6-32-18-5-3-4-16(12-18)11-17(13-27)20(31)28-22-30-29-21(34-22)23(24,25)26/h3-5,8-12H,6-7H2,1-2H3,(H,28,30,31)/b17-11-. The van der Waals surface area contributed by atoms with Gasteiger partial charge < -0.3 is 9.47 Å². The van der Waals surface area contributed by atoms with Crippen LogP contribution in [0.15, 0.2) is 48.0 Å². The van der Waals surface area contributed by atoms with Gasteiger partial charge in [0.25, 0.3) is 5.91 Å². The molecule has 1 heterocycles. The van der Waals surface area contributed by atoms with Crippen LogP contribution in [0.25, 0.3) is 6.08 Å². The second-order valence-corrected chi connectivity index (χ2v) is 8.10. The molecule has 3 rings (SSSR count). The molecule has 0 bridgehead atoms. The molecule has 0 fully saturated rings. The molecule has 1 aromatic heterocycles. The summed E-state index contributed by atoms with van der Waals surface area (Å²) in [5.41, 5.74) is 2.37. The number of hydrogen-bond acceptors (Lipinski definition) is 7. The largest absolute Gasteiger partial charge is 0.490 e. The Balaban J connectivity index is 1.59. The fourth-order valence-electron chi connectivity index (χ4n) is 2.90. The third kappa shape index (κ3) is 7.05. The van der Waals surface area contributed by atoms with Gasteiger partial charge in [-0.05, 0) is 60.9 Å². The molecule has 1 N–H and O–H groups in total. The van der Waals surface area contributed by atoms with Gasteiger partial charge in [-0.15, -0.1) is 10.2 Å². The number of nitrogens with one attached hydrogen (secondary N) is 1. The van der Waals surface area contributed by atoms with Crippen LogP contribution in [0.1, 0.15) is 21.7 Å². The van der Waals surface area contributed by atoms with Gasteiger partial charge in [0, 0.05) is 0 Å². The van der Waals surface area contributed by atoms with Crippen LogP contribution in [0, 0.1) is 25.2 Å². The number of nitriles is 1. The zero-order chi connectivity index (χ0) is 24.7. The van der Waals surface area contributed by atoms with E-state index in [4.69, 9.17) is 9.47 Å². The van der Waals surface area contributed by atoms with Gasteiger partial charge in [0.1, 0.15) is 36.4 Å². The normalized spacial score (nSPS) is 11.6. The van der Waals surface area contributed by atoms with Crippen molar-refractivity contribution in [1.82, 2.24) is 10.2 Å². The molecule has 176 valence electrons. The van der Waals surface area contributed by atoms with Crippen LogP contribution in [-0.2, 0) is 11.0 Å². The topological polar surface area (TPSA) is 97.1 Å². The SMILES string of the molecule is Cc1cc(C)cc(OCCOc2cccc(/C=C(/C#N)C(=O)Nc3nnc(C(F)(F)F)s3)c2)c1. The van der Waals surface area contributed by atoms with E-state index < -0.39 is 17.1 Å². The summed E-state index contributed by atoms with van der Waals surface area (Å²) in [7, 11) is 0. The van der Waals surface area contributed by atoms with E-state index >= 15 is 0 Å². The van der Waals surface area contributed by atoms with Crippen LogP contribution in [-0.4, -0.2) is 29.3 Å². The van der Waals surface area contributed by atoms with Gasteiger partial charge in [-0.1, -0.05) is 29.5 Å². The Hall–Kier alpha value is -3.91. The summed E-state index contributed by atoms with van der Waals surface area (Å²) in [6.07, 6.45) is -3.38. The molecule has 0 saturated heterocycles. The first-order valence-corrected chi connectivity index (χ1v) is 10.7. The monoisotopic (exact) mass is 488 g/mol. The number of amides is 1. The van der Waals surface area contributed by atoms with E-state index in [1.54, 1.807) is 30.3 Å². The number of carbonyl (C=O) groups excluding carboxylic acids is 1. The predicted octanol–water partition coefficient (Wildman–Crippen LogP) is 5.18. The van der Waals surface area contributed by atoms with Crippen molar-refractivity contribution in [1.29, 1.82) is 5.26 Å². The van der Waals surface area contributed by atoms with E-state index in [0.717, 1.165) is 16.9 Å². The van der Waals surface area contributed by atoms with Crippen molar-refractivity contribution in [2.75, 3.05) is 18.5 Å². The average Bonchev–Trinajstić information content (AvgIpc) is 3.24. The number of benzene rings is 2. The van der Waals surface area contributed by atoms with Crippen molar-refractivity contribution in [2.24, 2.45) is 0 Å². The van der Waals surface area contributed by atoms with Crippen LogP contribution in [0.3, 0.4) is 0 Å². The van der Waals surface area contributed by atoms with Gasteiger partial charge in [0.2, 0.25) is 10.1 Å². The number of carbonyl (C=O) groups is 1. The number of anilines is 1. The maximum Gasteiger partial charge on any atom is 0.445 e. The van der Waals surface area contributed by atoms with Gasteiger partial charge in [-0.25, -0.2) is 0 Å². The van der Waals surface area contributed by atoms with E-state index in [0.29, 0.717) is 17.9 Å². The maximum atomic E-state index is 12.6. The smallest absolute Gasteiger partial charge is 0.445 e. The summed E-state index contributed by atoms with van der Waals surface area (Å²) in [6.45, 7) is 4.55. The molecule has 0 saturated carbocycles. The summed E-state index contributed by atoms with van der Waals surface area (Å²) in [6, 6.07) is 14.3. The Bertz CT molecular complexity index is 1230. The second kappa shape index (κ2) is 10.8. The minimum atomic E-state index is -4.67. The van der Waals surface area contributed by atoms with Crippen LogP contribution < -0.4 is 14.8 Å². The highest BCUT2D eigenvalue weighted by Gasteiger charge is 2.35. The van der Waals surface area contributed by atoms with E-state index in [-0.39, 0.29) is 28.6 Å². The number of aryl methyl sites for hydroxylation is 2. The van der Waals surface area contributed by atoms with Gasteiger partial charge >= 0.3 is 6.18 Å². The highest BCUT2D eigenvalue weighted by Crippen LogP contribution is 2.33. The fraction of sp³-hybridized carbons (Fsp3) is 0.217. The summed E-state index contributed by atoms with van der Waals surface area (Å²) < 4.78 is 49.3. The minimum absolute atomic E-state index is 0.168. The molecule has 0 spiro atoms. The van der Waals surface area contributed by atoms with Crippen LogP contribution in [0.4, 0.5) is 18.3 Å². The van der Waals surface area contributed by atoms with Gasteiger partial charge in [0.05, 0.1) is 0 Å². The summed E-state index contributed by atoms with van der Waals surface area (Å²) in [5, 5.41) is 16.2. The van der Waals surface area contributed by atoms with E-state index in [1.807, 2.05) is 32.0 Å². The molecule has 11 heteroatoms. The molecule has 7 nitrogen and oxygen atoms in total. The zero-order valence-electron chi connectivity index (χ0n) is 18.1. The van der Waals surface area contributed by atoms with Crippen molar-refractivity contribution >= 4 is 28.5 Å². The highest BCUT2D eigenvalue weighted by atomic mass is 32.1. The molecule has 0 aliphatic heterocycles. The van der Waals surface area contributed by atoms with Crippen LogP contribution in [0.2, 0.25) is 0 Å². The Morgan fingerprint density at radius 1 is 1.09 bits per heavy atom. The molecule has 1 amide bonds. The summed E-state index contributed by atoms with van der Waals surface area (Å²) in [4.78, 5) is 12.3. The van der Waals surface area contributed by atoms with E-state index in [9.17, 15) is 23.2 Å². The number of aromatic nitrogens is 2. The molecule has 3 aromatic rings. The van der Waals surface area contributed by atoms with Crippen molar-refractivity contribution in [3.63, 3.8) is 0 Å². The Labute approximate surface area is 197 Å². The average molecular weight is 488 g/mol. The molecule has 0 unspecified atom stereocenters. The summed E-state index contributed by atoms with van der Waals surface area (Å²) >= 11 is 0.168. The van der Waals surface area contributed by atoms with Crippen LogP contribution in [0.5, 0.6) is 11.5 Å². The Morgan fingerprint density at radius 2 is 1.76 bits per heavy atom. The van der Waals surface area contributed by atoms with Crippen molar-refractivity contribution in [3.8, 4) is 17.6 Å². The van der Waals surface area contributed by atoms with Crippen molar-refractivity contribution in [3.05, 3.63) is 69.7 Å². The zero-order valence-corrected chi connectivity index (χ0v) is 19.0. The van der Waals surface area contributed by atoms with Crippen molar-refractivity contribution < 1.29 is 27.4 Å². The molecule has 34 heavy (non-hydrogen) atoms. The molecule has 0 aliphatic rings. The minimum Gasteiger partial charge on any atom is -0.490 e. The predicted molar refractivity (Wildman–Crippen MR) is 120 cm³/mol. The van der Waals surface area contributed by atoms with Gasteiger partial charge in [-0.2, -0.15) is 18.4 Å². The summed E-state index contributed by atoms with van der Waals surface area (Å²) in [5.74, 6) is 0.343. The third-order valence-corrected chi connectivity index (χ3v) is 5.12. The molecule has 0 atom stereocenters. The number of ether oxygens (including phenoxy) is 2. The molecular weight excluding hydrogens is 469 g/mol. The lowest BCUT2D eigenvalue weighted by Gasteiger charge is -2.10. The quantitative estimate of drug-likeness (QED) is 0.267. The Morgan fingerprint density at radius 3 is 2.38 bits per heavy atom. The maximum absolute atomic E-state index is 12.6. The van der Waals surface area contributed by atoms with Gasteiger partial charge in [0.15, 0.2) is 0 Å². The lowest BCUT2D eigenvalue weighted by molar-refractivity contribution is -0.138. The number of hydrogen-bond donors (Lipinski definition) is 1. The van der Waals surface area contributed by atoms with E-state index in [1.165, 1.54) is 6.08 Å². The van der Waals surface area contributed by atoms with Crippen LogP contribution >= 0.6 is 11.3 Å². The molecule has 2 aromatic carbocycles. The molecular formula is C23H19F3N4O3S. The first-order valence-electron chi connectivity index (χ1n) is 9.92. The van der Waals surface area contributed by atoms with E-state index in [2.05, 4.69) is 15.5 Å². The fourth-order valence-corrected chi connectivity index (χ4v) is 3.50. The lowest BCUT2D eigenvalue weighted by Crippen LogP contribution is -2.13.